The topological polar surface area (TPSA) is 50.4 Å². The quantitative estimate of drug-likeness (QED) is 0.861. The molecule has 4 nitrogen and oxygen atoms in total. The third-order valence-corrected chi connectivity index (χ3v) is 3.88. The highest BCUT2D eigenvalue weighted by Gasteiger charge is 2.22. The summed E-state index contributed by atoms with van der Waals surface area (Å²) in [4.78, 5) is 12.2. The van der Waals surface area contributed by atoms with Crippen LogP contribution in [0, 0.1) is 5.92 Å². The first-order chi connectivity index (χ1) is 10.1. The number of carbonyl (C=O) groups is 1. The molecule has 2 atom stereocenters. The summed E-state index contributed by atoms with van der Waals surface area (Å²) in [5, 5.41) is 7.05. The zero-order valence-corrected chi connectivity index (χ0v) is 14.5. The molecule has 0 aromatic heterocycles. The van der Waals surface area contributed by atoms with Crippen molar-refractivity contribution < 1.29 is 9.53 Å². The van der Waals surface area contributed by atoms with Gasteiger partial charge >= 0.3 is 0 Å². The van der Waals surface area contributed by atoms with Crippen LogP contribution in [0.15, 0.2) is 24.3 Å². The summed E-state index contributed by atoms with van der Waals surface area (Å²) >= 11 is 5.92. The predicted octanol–water partition coefficient (Wildman–Crippen LogP) is 2.95. The molecular formula is C16H24Cl2N2O2. The molecule has 0 saturated carbocycles. The van der Waals surface area contributed by atoms with Crippen LogP contribution in [0.5, 0.6) is 0 Å². The van der Waals surface area contributed by atoms with Gasteiger partial charge in [-0.15, -0.1) is 12.4 Å². The molecule has 124 valence electrons. The van der Waals surface area contributed by atoms with Gasteiger partial charge in [-0.2, -0.15) is 0 Å². The largest absolute Gasteiger partial charge is 0.375 e. The molecule has 0 radical (unpaired) electrons. The number of morpholine rings is 1. The molecule has 1 fully saturated rings. The molecule has 1 aromatic rings. The van der Waals surface area contributed by atoms with Crippen molar-refractivity contribution in [3.05, 3.63) is 34.9 Å². The number of halogens is 2. The Kier molecular flexibility index (Phi) is 8.18. The first kappa shape index (κ1) is 19.2. The van der Waals surface area contributed by atoms with E-state index in [2.05, 4.69) is 24.5 Å². The molecule has 1 aliphatic rings. The fourth-order valence-corrected chi connectivity index (χ4v) is 2.62. The fourth-order valence-electron chi connectivity index (χ4n) is 2.49. The van der Waals surface area contributed by atoms with Gasteiger partial charge in [0.1, 0.15) is 0 Å². The number of nitrogens with one attached hydrogen (secondary N) is 2. The van der Waals surface area contributed by atoms with Crippen molar-refractivity contribution in [1.29, 1.82) is 0 Å². The number of benzene rings is 1. The van der Waals surface area contributed by atoms with Crippen LogP contribution in [0.2, 0.25) is 5.02 Å². The van der Waals surface area contributed by atoms with Crippen molar-refractivity contribution in [2.45, 2.75) is 32.4 Å². The lowest BCUT2D eigenvalue weighted by Gasteiger charge is -2.26. The molecule has 1 aliphatic heterocycles. The highest BCUT2D eigenvalue weighted by molar-refractivity contribution is 6.30. The van der Waals surface area contributed by atoms with Crippen molar-refractivity contribution in [3.8, 4) is 0 Å². The van der Waals surface area contributed by atoms with Gasteiger partial charge in [0.2, 0.25) is 5.91 Å². The SMILES string of the molecule is CC(C)C(NC(=O)CC1CNCCO1)c1ccc(Cl)cc1.Cl. The van der Waals surface area contributed by atoms with Crippen molar-refractivity contribution in [2.24, 2.45) is 5.92 Å². The molecule has 2 unspecified atom stereocenters. The van der Waals surface area contributed by atoms with Crippen LogP contribution >= 0.6 is 24.0 Å². The summed E-state index contributed by atoms with van der Waals surface area (Å²) in [7, 11) is 0. The summed E-state index contributed by atoms with van der Waals surface area (Å²) < 4.78 is 5.57. The van der Waals surface area contributed by atoms with E-state index in [0.717, 1.165) is 18.7 Å². The number of hydrogen-bond acceptors (Lipinski definition) is 3. The van der Waals surface area contributed by atoms with Gasteiger partial charge in [0, 0.05) is 18.1 Å². The molecule has 1 aromatic carbocycles. The Balaban J connectivity index is 0.00000242. The molecule has 2 rings (SSSR count). The Bertz CT molecular complexity index is 460. The second-order valence-electron chi connectivity index (χ2n) is 5.74. The molecule has 2 N–H and O–H groups in total. The van der Waals surface area contributed by atoms with E-state index >= 15 is 0 Å². The minimum atomic E-state index is -0.0308. The van der Waals surface area contributed by atoms with E-state index in [1.165, 1.54) is 0 Å². The lowest BCUT2D eigenvalue weighted by Crippen LogP contribution is -2.42. The van der Waals surface area contributed by atoms with Crippen LogP contribution in [0.1, 0.15) is 31.9 Å². The Morgan fingerprint density at radius 1 is 1.41 bits per heavy atom. The molecule has 1 amide bonds. The van der Waals surface area contributed by atoms with Crippen molar-refractivity contribution >= 4 is 29.9 Å². The van der Waals surface area contributed by atoms with Crippen LogP contribution in [0.25, 0.3) is 0 Å². The number of hydrogen-bond donors (Lipinski definition) is 2. The van der Waals surface area contributed by atoms with E-state index in [4.69, 9.17) is 16.3 Å². The van der Waals surface area contributed by atoms with Crippen molar-refractivity contribution in [2.75, 3.05) is 19.7 Å². The van der Waals surface area contributed by atoms with Crippen LogP contribution in [-0.2, 0) is 9.53 Å². The molecule has 6 heteroatoms. The molecule has 0 bridgehead atoms. The van der Waals surface area contributed by atoms with Gasteiger partial charge in [0.25, 0.3) is 0 Å². The van der Waals surface area contributed by atoms with E-state index in [-0.39, 0.29) is 30.5 Å². The smallest absolute Gasteiger partial charge is 0.223 e. The molecule has 1 saturated heterocycles. The van der Waals surface area contributed by atoms with Crippen molar-refractivity contribution in [3.63, 3.8) is 0 Å². The average Bonchev–Trinajstić information content (AvgIpc) is 2.47. The van der Waals surface area contributed by atoms with Gasteiger partial charge in [-0.25, -0.2) is 0 Å². The lowest BCUT2D eigenvalue weighted by atomic mass is 9.96. The molecule has 1 heterocycles. The Hall–Kier alpha value is -0.810. The van der Waals surface area contributed by atoms with E-state index in [1.807, 2.05) is 24.3 Å². The van der Waals surface area contributed by atoms with Gasteiger partial charge in [0.15, 0.2) is 0 Å². The summed E-state index contributed by atoms with van der Waals surface area (Å²) in [5.41, 5.74) is 1.07. The predicted molar refractivity (Wildman–Crippen MR) is 91.6 cm³/mol. The Morgan fingerprint density at radius 2 is 2.09 bits per heavy atom. The maximum atomic E-state index is 12.2. The lowest BCUT2D eigenvalue weighted by molar-refractivity contribution is -0.125. The minimum absolute atomic E-state index is 0. The molecule has 0 spiro atoms. The van der Waals surface area contributed by atoms with Gasteiger partial charge in [-0.05, 0) is 23.6 Å². The van der Waals surface area contributed by atoms with Gasteiger partial charge in [-0.1, -0.05) is 37.6 Å². The van der Waals surface area contributed by atoms with Crippen LogP contribution in [0.4, 0.5) is 0 Å². The first-order valence-corrected chi connectivity index (χ1v) is 7.81. The first-order valence-electron chi connectivity index (χ1n) is 7.43. The summed E-state index contributed by atoms with van der Waals surface area (Å²) in [5.74, 6) is 0.331. The monoisotopic (exact) mass is 346 g/mol. The van der Waals surface area contributed by atoms with Gasteiger partial charge < -0.3 is 15.4 Å². The zero-order valence-electron chi connectivity index (χ0n) is 13.0. The average molecular weight is 347 g/mol. The maximum Gasteiger partial charge on any atom is 0.223 e. The normalized spacial score (nSPS) is 19.4. The van der Waals surface area contributed by atoms with E-state index in [9.17, 15) is 4.79 Å². The summed E-state index contributed by atoms with van der Waals surface area (Å²) in [6, 6.07) is 7.63. The maximum absolute atomic E-state index is 12.2. The fraction of sp³-hybridized carbons (Fsp3) is 0.562. The number of amides is 1. The third kappa shape index (κ3) is 5.76. The standard InChI is InChI=1S/C16H23ClN2O2.ClH/c1-11(2)16(12-3-5-13(17)6-4-12)19-15(20)9-14-10-18-7-8-21-14;/h3-6,11,14,16,18H,7-10H2,1-2H3,(H,19,20);1H. The highest BCUT2D eigenvalue weighted by Crippen LogP contribution is 2.23. The minimum Gasteiger partial charge on any atom is -0.375 e. The van der Waals surface area contributed by atoms with E-state index in [1.54, 1.807) is 0 Å². The molecule has 0 aliphatic carbocycles. The highest BCUT2D eigenvalue weighted by atomic mass is 35.5. The van der Waals surface area contributed by atoms with Crippen molar-refractivity contribution in [1.82, 2.24) is 10.6 Å². The number of carbonyl (C=O) groups excluding carboxylic acids is 1. The summed E-state index contributed by atoms with van der Waals surface area (Å²) in [6.07, 6.45) is 0.362. The molecule has 22 heavy (non-hydrogen) atoms. The Morgan fingerprint density at radius 3 is 2.64 bits per heavy atom. The Labute approximate surface area is 143 Å². The van der Waals surface area contributed by atoms with E-state index < -0.39 is 0 Å². The number of ether oxygens (including phenoxy) is 1. The van der Waals surface area contributed by atoms with E-state index in [0.29, 0.717) is 24.0 Å². The van der Waals surface area contributed by atoms with Gasteiger partial charge in [0.05, 0.1) is 25.2 Å². The zero-order chi connectivity index (χ0) is 15.2. The van der Waals surface area contributed by atoms with Crippen LogP contribution in [-0.4, -0.2) is 31.7 Å². The molecular weight excluding hydrogens is 323 g/mol. The third-order valence-electron chi connectivity index (χ3n) is 3.63. The van der Waals surface area contributed by atoms with Crippen LogP contribution in [0.3, 0.4) is 0 Å². The second-order valence-corrected chi connectivity index (χ2v) is 6.18. The van der Waals surface area contributed by atoms with Crippen LogP contribution < -0.4 is 10.6 Å². The second kappa shape index (κ2) is 9.36. The summed E-state index contributed by atoms with van der Waals surface area (Å²) in [6.45, 7) is 6.46. The number of rotatable bonds is 5. The van der Waals surface area contributed by atoms with Gasteiger partial charge in [-0.3, -0.25) is 4.79 Å².